The van der Waals surface area contributed by atoms with E-state index < -0.39 is 12.1 Å². The van der Waals surface area contributed by atoms with Crippen LogP contribution in [0, 0.1) is 12.8 Å². The molecule has 1 radical (unpaired) electrons. The fraction of sp³-hybridized carbons (Fsp3) is 0.733. The second-order valence-corrected chi connectivity index (χ2v) is 4.96. The van der Waals surface area contributed by atoms with E-state index >= 15 is 0 Å². The maximum Gasteiger partial charge on any atom is 0.392 e. The van der Waals surface area contributed by atoms with Gasteiger partial charge in [-0.25, -0.2) is 0 Å². The van der Waals surface area contributed by atoms with Gasteiger partial charge in [0.05, 0.1) is 5.92 Å². The number of rotatable bonds is 11. The molecule has 0 aliphatic rings. The Hall–Kier alpha value is -0.800. The molecule has 0 aromatic heterocycles. The van der Waals surface area contributed by atoms with Crippen LogP contribution in [0.4, 0.5) is 13.2 Å². The van der Waals surface area contributed by atoms with Crippen molar-refractivity contribution in [3.63, 3.8) is 0 Å². The molecular weight excluding hydrogens is 253 g/mol. The normalized spacial score (nSPS) is 13.3. The minimum Gasteiger partial charge on any atom is -0.300 e. The molecule has 111 valence electrons. The molecule has 0 N–H and O–H groups in total. The van der Waals surface area contributed by atoms with Crippen molar-refractivity contribution in [1.82, 2.24) is 0 Å². The lowest BCUT2D eigenvalue weighted by atomic mass is 9.96. The Morgan fingerprint density at radius 2 is 1.58 bits per heavy atom. The molecule has 1 nitrogen and oxygen atoms in total. The summed E-state index contributed by atoms with van der Waals surface area (Å²) >= 11 is 0. The zero-order valence-corrected chi connectivity index (χ0v) is 11.5. The molecule has 0 rings (SSSR count). The summed E-state index contributed by atoms with van der Waals surface area (Å²) in [5.41, 5.74) is 0. The molecule has 1 atom stereocenters. The van der Waals surface area contributed by atoms with Crippen molar-refractivity contribution >= 4 is 5.78 Å². The van der Waals surface area contributed by atoms with Crippen molar-refractivity contribution in [1.29, 1.82) is 0 Å². The van der Waals surface area contributed by atoms with Gasteiger partial charge in [-0.05, 0) is 19.3 Å². The van der Waals surface area contributed by atoms with Crippen LogP contribution in [0.15, 0.2) is 12.7 Å². The number of carbonyl (C=O) groups excluding carboxylic acids is 1. The van der Waals surface area contributed by atoms with E-state index in [2.05, 4.69) is 13.5 Å². The van der Waals surface area contributed by atoms with Gasteiger partial charge in [0.1, 0.15) is 5.78 Å². The van der Waals surface area contributed by atoms with Crippen molar-refractivity contribution in [2.45, 2.75) is 64.0 Å². The molecule has 0 aromatic carbocycles. The van der Waals surface area contributed by atoms with Crippen molar-refractivity contribution < 1.29 is 18.0 Å². The average Bonchev–Trinajstić information content (AvgIpc) is 2.29. The summed E-state index contributed by atoms with van der Waals surface area (Å²) in [5, 5.41) is 0. The third-order valence-corrected chi connectivity index (χ3v) is 3.17. The van der Waals surface area contributed by atoms with E-state index in [1.807, 2.05) is 0 Å². The van der Waals surface area contributed by atoms with Gasteiger partial charge in [0.25, 0.3) is 0 Å². The van der Waals surface area contributed by atoms with Crippen molar-refractivity contribution in [3.05, 3.63) is 19.6 Å². The number of ketones is 1. The third kappa shape index (κ3) is 10.8. The number of allylic oxidation sites excluding steroid dienone is 1. The number of Topliss-reactive ketones (excluding diaryl/α,β-unsaturated/α-hetero) is 1. The van der Waals surface area contributed by atoms with Crippen molar-refractivity contribution in [3.8, 4) is 0 Å². The summed E-state index contributed by atoms with van der Waals surface area (Å²) < 4.78 is 37.7. The van der Waals surface area contributed by atoms with Crippen LogP contribution >= 0.6 is 0 Å². The predicted molar refractivity (Wildman–Crippen MR) is 71.7 cm³/mol. The van der Waals surface area contributed by atoms with E-state index in [1.165, 1.54) is 6.08 Å². The van der Waals surface area contributed by atoms with Gasteiger partial charge in [-0.3, -0.25) is 4.79 Å². The first-order valence-corrected chi connectivity index (χ1v) is 6.90. The van der Waals surface area contributed by atoms with E-state index in [1.54, 1.807) is 0 Å². The minimum absolute atomic E-state index is 0.00904. The van der Waals surface area contributed by atoms with Crippen LogP contribution in [0.1, 0.15) is 57.8 Å². The van der Waals surface area contributed by atoms with Crippen molar-refractivity contribution in [2.75, 3.05) is 0 Å². The summed E-state index contributed by atoms with van der Waals surface area (Å²) in [6.45, 7) is 6.67. The number of halogens is 3. The van der Waals surface area contributed by atoms with Gasteiger partial charge in [0, 0.05) is 13.3 Å². The van der Waals surface area contributed by atoms with Crippen LogP contribution in [-0.2, 0) is 4.79 Å². The molecule has 0 fully saturated rings. The van der Waals surface area contributed by atoms with Gasteiger partial charge in [0.2, 0.25) is 0 Å². The lowest BCUT2D eigenvalue weighted by Gasteiger charge is -2.18. The Bertz CT molecular complexity index is 259. The topological polar surface area (TPSA) is 17.1 Å². The Balaban J connectivity index is 3.55. The molecule has 0 saturated carbocycles. The first kappa shape index (κ1) is 18.2. The molecule has 0 amide bonds. The fourth-order valence-electron chi connectivity index (χ4n) is 2.04. The summed E-state index contributed by atoms with van der Waals surface area (Å²) in [6, 6.07) is 0. The molecule has 0 saturated heterocycles. The average molecular weight is 277 g/mol. The monoisotopic (exact) mass is 277 g/mol. The summed E-state index contributed by atoms with van der Waals surface area (Å²) in [4.78, 5) is 10.6. The molecule has 0 unspecified atom stereocenters. The molecule has 0 bridgehead atoms. The standard InChI is InChI=1S/C15H24F3O/c1-3-10-14(15(16,17)18)12-9-7-5-4-6-8-11-13(2)19/h3,14H,1-2,4-12H2/t14-/m0/s1. The number of hydrogen-bond donors (Lipinski definition) is 0. The SMILES string of the molecule is [CH2]C(=O)CCCCCCCC[C@H](CC=C)C(F)(F)F. The first-order chi connectivity index (χ1) is 8.88. The van der Waals surface area contributed by atoms with Gasteiger partial charge in [-0.1, -0.05) is 38.2 Å². The highest BCUT2D eigenvalue weighted by atomic mass is 19.4. The highest BCUT2D eigenvalue weighted by Gasteiger charge is 2.37. The second kappa shape index (κ2) is 10.0. The predicted octanol–water partition coefficient (Wildman–Crippen LogP) is 5.26. The summed E-state index contributed by atoms with van der Waals surface area (Å²) in [7, 11) is 0. The summed E-state index contributed by atoms with van der Waals surface area (Å²) in [5.74, 6) is -1.29. The highest BCUT2D eigenvalue weighted by molar-refractivity contribution is 5.82. The van der Waals surface area contributed by atoms with Crippen LogP contribution in [0.25, 0.3) is 0 Å². The Morgan fingerprint density at radius 3 is 2.05 bits per heavy atom. The zero-order chi connectivity index (χ0) is 14.7. The Morgan fingerprint density at radius 1 is 1.05 bits per heavy atom. The Labute approximate surface area is 114 Å². The molecule has 0 aliphatic carbocycles. The van der Waals surface area contributed by atoms with Gasteiger partial charge < -0.3 is 0 Å². The number of unbranched alkanes of at least 4 members (excludes halogenated alkanes) is 5. The van der Waals surface area contributed by atoms with E-state index in [9.17, 15) is 18.0 Å². The number of carbonyl (C=O) groups is 1. The number of hydrogen-bond acceptors (Lipinski definition) is 1. The van der Waals surface area contributed by atoms with E-state index in [0.717, 1.165) is 32.1 Å². The van der Waals surface area contributed by atoms with Crippen LogP contribution in [0.3, 0.4) is 0 Å². The van der Waals surface area contributed by atoms with Gasteiger partial charge in [-0.15, -0.1) is 6.58 Å². The fourth-order valence-corrected chi connectivity index (χ4v) is 2.04. The molecule has 0 spiro atoms. The third-order valence-electron chi connectivity index (χ3n) is 3.17. The maximum absolute atomic E-state index is 12.6. The van der Waals surface area contributed by atoms with E-state index in [0.29, 0.717) is 12.8 Å². The zero-order valence-electron chi connectivity index (χ0n) is 11.5. The maximum atomic E-state index is 12.6. The molecule has 0 heterocycles. The van der Waals surface area contributed by atoms with Crippen LogP contribution in [0.2, 0.25) is 0 Å². The van der Waals surface area contributed by atoms with Crippen molar-refractivity contribution in [2.24, 2.45) is 5.92 Å². The van der Waals surface area contributed by atoms with Crippen LogP contribution in [-0.4, -0.2) is 12.0 Å². The first-order valence-electron chi connectivity index (χ1n) is 6.90. The molecule has 4 heteroatoms. The molecule has 0 aliphatic heterocycles. The lowest BCUT2D eigenvalue weighted by molar-refractivity contribution is -0.175. The quantitative estimate of drug-likeness (QED) is 0.371. The molecule has 19 heavy (non-hydrogen) atoms. The number of alkyl halides is 3. The van der Waals surface area contributed by atoms with Gasteiger partial charge in [-0.2, -0.15) is 13.2 Å². The lowest BCUT2D eigenvalue weighted by Crippen LogP contribution is -2.22. The van der Waals surface area contributed by atoms with Crippen LogP contribution in [0.5, 0.6) is 0 Å². The second-order valence-electron chi connectivity index (χ2n) is 4.96. The smallest absolute Gasteiger partial charge is 0.300 e. The molecular formula is C15H24F3O. The van der Waals surface area contributed by atoms with Crippen LogP contribution < -0.4 is 0 Å². The highest BCUT2D eigenvalue weighted by Crippen LogP contribution is 2.33. The molecule has 0 aromatic rings. The van der Waals surface area contributed by atoms with Gasteiger partial charge in [0.15, 0.2) is 0 Å². The van der Waals surface area contributed by atoms with E-state index in [-0.39, 0.29) is 18.6 Å². The van der Waals surface area contributed by atoms with Gasteiger partial charge >= 0.3 is 6.18 Å². The van der Waals surface area contributed by atoms with E-state index in [4.69, 9.17) is 0 Å². The minimum atomic E-state index is -4.11. The Kier molecular flexibility index (Phi) is 9.62. The largest absolute Gasteiger partial charge is 0.392 e. The summed E-state index contributed by atoms with van der Waals surface area (Å²) in [6.07, 6.45) is 3.07.